The van der Waals surface area contributed by atoms with Crippen molar-refractivity contribution in [2.45, 2.75) is 37.0 Å². The molecule has 1 heterocycles. The second-order valence-corrected chi connectivity index (χ2v) is 7.36. The first-order valence-electron chi connectivity index (χ1n) is 6.19. The highest BCUT2D eigenvalue weighted by molar-refractivity contribution is 7.91. The lowest BCUT2D eigenvalue weighted by atomic mass is 9.83. The predicted octanol–water partition coefficient (Wildman–Crippen LogP) is 1.08. The van der Waals surface area contributed by atoms with Crippen LogP contribution in [0.3, 0.4) is 0 Å². The molecule has 0 saturated heterocycles. The highest BCUT2D eigenvalue weighted by Crippen LogP contribution is 2.34. The van der Waals surface area contributed by atoms with Crippen molar-refractivity contribution in [3.05, 3.63) is 24.3 Å². The molecule has 1 aliphatic carbocycles. The third-order valence-electron chi connectivity index (χ3n) is 3.70. The summed E-state index contributed by atoms with van der Waals surface area (Å²) in [6.07, 6.45) is 9.46. The minimum Gasteiger partial charge on any atom is -0.322 e. The van der Waals surface area contributed by atoms with Crippen LogP contribution in [-0.2, 0) is 9.84 Å². The third kappa shape index (κ3) is 3.05. The molecule has 2 rings (SSSR count). The molecule has 0 bridgehead atoms. The fourth-order valence-corrected chi connectivity index (χ4v) is 3.81. The summed E-state index contributed by atoms with van der Waals surface area (Å²) < 4.78 is 23.2. The maximum absolute atomic E-state index is 11.6. The van der Waals surface area contributed by atoms with Crippen LogP contribution in [0.1, 0.15) is 37.4 Å². The quantitative estimate of drug-likeness (QED) is 0.887. The Labute approximate surface area is 108 Å². The predicted molar refractivity (Wildman–Crippen MR) is 69.6 cm³/mol. The molecule has 3 unspecified atom stereocenters. The molecule has 0 radical (unpaired) electrons. The lowest BCUT2D eigenvalue weighted by Crippen LogP contribution is -2.33. The van der Waals surface area contributed by atoms with Gasteiger partial charge in [0.1, 0.15) is 9.84 Å². The molecular weight excluding hydrogens is 250 g/mol. The molecule has 1 saturated carbocycles. The van der Waals surface area contributed by atoms with Gasteiger partial charge >= 0.3 is 0 Å². The van der Waals surface area contributed by atoms with E-state index < -0.39 is 9.84 Å². The summed E-state index contributed by atoms with van der Waals surface area (Å²) in [7, 11) is -2.97. The molecule has 0 aliphatic heterocycles. The van der Waals surface area contributed by atoms with E-state index in [4.69, 9.17) is 5.73 Å². The van der Waals surface area contributed by atoms with Crippen LogP contribution in [0.2, 0.25) is 0 Å². The van der Waals surface area contributed by atoms with Crippen LogP contribution < -0.4 is 5.73 Å². The van der Waals surface area contributed by atoms with Gasteiger partial charge in [-0.25, -0.2) is 8.42 Å². The zero-order valence-corrected chi connectivity index (χ0v) is 11.3. The average molecular weight is 269 g/mol. The molecule has 1 aliphatic rings. The summed E-state index contributed by atoms with van der Waals surface area (Å²) in [5, 5.41) is -0.251. The lowest BCUT2D eigenvalue weighted by molar-refractivity contribution is 0.305. The van der Waals surface area contributed by atoms with E-state index in [9.17, 15) is 8.42 Å². The van der Waals surface area contributed by atoms with Gasteiger partial charge in [-0.05, 0) is 25.2 Å². The molecule has 2 N–H and O–H groups in total. The second-order valence-electron chi connectivity index (χ2n) is 5.03. The summed E-state index contributed by atoms with van der Waals surface area (Å²) in [5.41, 5.74) is 6.92. The third-order valence-corrected chi connectivity index (χ3v) is 5.34. The Bertz CT molecular complexity index is 489. The topological polar surface area (TPSA) is 85.9 Å². The van der Waals surface area contributed by atoms with Crippen molar-refractivity contribution >= 4 is 9.84 Å². The lowest BCUT2D eigenvalue weighted by Gasteiger charge is -2.31. The summed E-state index contributed by atoms with van der Waals surface area (Å²) in [4.78, 5) is 8.21. The first kappa shape index (κ1) is 13.4. The van der Waals surface area contributed by atoms with E-state index in [0.717, 1.165) is 25.0 Å². The molecule has 0 amide bonds. The molecule has 1 fully saturated rings. The Kier molecular flexibility index (Phi) is 3.97. The van der Waals surface area contributed by atoms with E-state index >= 15 is 0 Å². The number of nitrogens with zero attached hydrogens (tertiary/aromatic N) is 2. The van der Waals surface area contributed by atoms with Crippen LogP contribution in [0.4, 0.5) is 0 Å². The minimum absolute atomic E-state index is 0.176. The number of hydrogen-bond acceptors (Lipinski definition) is 5. The smallest absolute Gasteiger partial charge is 0.150 e. The molecule has 1 aromatic rings. The molecule has 3 atom stereocenters. The average Bonchev–Trinajstić information content (AvgIpc) is 2.38. The minimum atomic E-state index is -2.97. The Balaban J connectivity index is 2.10. The van der Waals surface area contributed by atoms with Gasteiger partial charge in [0.05, 0.1) is 17.0 Å². The van der Waals surface area contributed by atoms with Gasteiger partial charge in [-0.3, -0.25) is 9.97 Å². The van der Waals surface area contributed by atoms with E-state index in [2.05, 4.69) is 9.97 Å². The van der Waals surface area contributed by atoms with Crippen molar-refractivity contribution in [1.82, 2.24) is 9.97 Å². The first-order chi connectivity index (χ1) is 8.48. The monoisotopic (exact) mass is 269 g/mol. The van der Waals surface area contributed by atoms with Crippen molar-refractivity contribution in [1.29, 1.82) is 0 Å². The van der Waals surface area contributed by atoms with Crippen LogP contribution in [0.15, 0.2) is 18.6 Å². The summed E-state index contributed by atoms with van der Waals surface area (Å²) >= 11 is 0. The zero-order chi connectivity index (χ0) is 13.2. The highest BCUT2D eigenvalue weighted by Gasteiger charge is 2.32. The SMILES string of the molecule is CS(=O)(=O)C1CCCC(C(N)c2cnccn2)C1. The molecule has 5 nitrogen and oxygen atoms in total. The number of hydrogen-bond donors (Lipinski definition) is 1. The van der Waals surface area contributed by atoms with Crippen LogP contribution in [0.5, 0.6) is 0 Å². The van der Waals surface area contributed by atoms with Crippen molar-refractivity contribution in [3.63, 3.8) is 0 Å². The van der Waals surface area contributed by atoms with Gasteiger partial charge in [0, 0.05) is 24.8 Å². The largest absolute Gasteiger partial charge is 0.322 e. The van der Waals surface area contributed by atoms with E-state index in [1.165, 1.54) is 6.26 Å². The molecular formula is C12H19N3O2S. The summed E-state index contributed by atoms with van der Waals surface area (Å²) in [5.74, 6) is 0.176. The van der Waals surface area contributed by atoms with Crippen LogP contribution in [0.25, 0.3) is 0 Å². The van der Waals surface area contributed by atoms with Crippen molar-refractivity contribution in [2.24, 2.45) is 11.7 Å². The van der Waals surface area contributed by atoms with Gasteiger partial charge < -0.3 is 5.73 Å². The number of aromatic nitrogens is 2. The molecule has 18 heavy (non-hydrogen) atoms. The Hall–Kier alpha value is -1.01. The molecule has 0 aromatic carbocycles. The van der Waals surface area contributed by atoms with Crippen molar-refractivity contribution in [3.8, 4) is 0 Å². The normalized spacial score (nSPS) is 26.8. The van der Waals surface area contributed by atoms with Crippen LogP contribution >= 0.6 is 0 Å². The molecule has 100 valence electrons. The molecule has 6 heteroatoms. The Morgan fingerprint density at radius 2 is 2.17 bits per heavy atom. The standard InChI is InChI=1S/C12H19N3O2S/c1-18(16,17)10-4-2-3-9(7-10)12(13)11-8-14-5-6-15-11/h5-6,8-10,12H,2-4,7,13H2,1H3. The maximum atomic E-state index is 11.6. The number of sulfone groups is 1. The van der Waals surface area contributed by atoms with Gasteiger partial charge in [0.25, 0.3) is 0 Å². The van der Waals surface area contributed by atoms with E-state index in [0.29, 0.717) is 6.42 Å². The van der Waals surface area contributed by atoms with Crippen LogP contribution in [0, 0.1) is 5.92 Å². The highest BCUT2D eigenvalue weighted by atomic mass is 32.2. The molecule has 1 aromatic heterocycles. The zero-order valence-electron chi connectivity index (χ0n) is 10.5. The Morgan fingerprint density at radius 3 is 2.78 bits per heavy atom. The van der Waals surface area contributed by atoms with Gasteiger partial charge in [-0.1, -0.05) is 6.42 Å². The van der Waals surface area contributed by atoms with Crippen LogP contribution in [-0.4, -0.2) is 29.9 Å². The number of nitrogens with two attached hydrogens (primary N) is 1. The van der Waals surface area contributed by atoms with Gasteiger partial charge in [-0.2, -0.15) is 0 Å². The van der Waals surface area contributed by atoms with Gasteiger partial charge in [0.15, 0.2) is 0 Å². The number of rotatable bonds is 3. The second kappa shape index (κ2) is 5.32. The summed E-state index contributed by atoms with van der Waals surface area (Å²) in [6.45, 7) is 0. The maximum Gasteiger partial charge on any atom is 0.150 e. The molecule has 0 spiro atoms. The van der Waals surface area contributed by atoms with Crippen molar-refractivity contribution < 1.29 is 8.42 Å². The Morgan fingerprint density at radius 1 is 1.39 bits per heavy atom. The van der Waals surface area contributed by atoms with E-state index in [-0.39, 0.29) is 17.2 Å². The first-order valence-corrected chi connectivity index (χ1v) is 8.14. The fourth-order valence-electron chi connectivity index (χ4n) is 2.62. The van der Waals surface area contributed by atoms with Crippen molar-refractivity contribution in [2.75, 3.05) is 6.26 Å². The van der Waals surface area contributed by atoms with Gasteiger partial charge in [-0.15, -0.1) is 0 Å². The summed E-state index contributed by atoms with van der Waals surface area (Å²) in [6, 6.07) is -0.219. The van der Waals surface area contributed by atoms with E-state index in [1.54, 1.807) is 18.6 Å². The fraction of sp³-hybridized carbons (Fsp3) is 0.667. The van der Waals surface area contributed by atoms with Gasteiger partial charge in [0.2, 0.25) is 0 Å². The van der Waals surface area contributed by atoms with E-state index in [1.807, 2.05) is 0 Å².